The zero-order valence-corrected chi connectivity index (χ0v) is 21.1. The maximum absolute atomic E-state index is 13.4. The van der Waals surface area contributed by atoms with Crippen LogP contribution in [0.2, 0.25) is 0 Å². The normalized spacial score (nSPS) is 19.5. The van der Waals surface area contributed by atoms with Gasteiger partial charge in [0.15, 0.2) is 0 Å². The second-order valence-electron chi connectivity index (χ2n) is 9.27. The van der Waals surface area contributed by atoms with E-state index < -0.39 is 0 Å². The van der Waals surface area contributed by atoms with Crippen molar-refractivity contribution in [3.8, 4) is 5.69 Å². The summed E-state index contributed by atoms with van der Waals surface area (Å²) in [7, 11) is 2.17. The molecular formula is C27H26ClN5OS. The maximum Gasteiger partial charge on any atom is 0.275 e. The third-order valence-corrected chi connectivity index (χ3v) is 8.24. The van der Waals surface area contributed by atoms with Crippen molar-refractivity contribution in [2.75, 3.05) is 33.2 Å². The first-order valence-electron chi connectivity index (χ1n) is 11.9. The Labute approximate surface area is 212 Å². The predicted octanol–water partition coefficient (Wildman–Crippen LogP) is 4.69. The highest BCUT2D eigenvalue weighted by Crippen LogP contribution is 2.31. The number of allylic oxidation sites excluding steroid dienone is 4. The average Bonchev–Trinajstić information content (AvgIpc) is 3.31. The molecule has 178 valence electrons. The van der Waals surface area contributed by atoms with E-state index in [0.29, 0.717) is 4.70 Å². The third-order valence-electron chi connectivity index (χ3n) is 6.76. The lowest BCUT2D eigenvalue weighted by Gasteiger charge is -2.32. The molecule has 3 aromatic heterocycles. The molecule has 1 aromatic carbocycles. The van der Waals surface area contributed by atoms with E-state index in [9.17, 15) is 4.79 Å². The number of halogens is 1. The van der Waals surface area contributed by atoms with Crippen molar-refractivity contribution in [3.63, 3.8) is 0 Å². The minimum absolute atomic E-state index is 0.0359. The molecule has 6 rings (SSSR count). The number of piperazine rings is 1. The van der Waals surface area contributed by atoms with Gasteiger partial charge in [-0.05, 0) is 49.4 Å². The van der Waals surface area contributed by atoms with Gasteiger partial charge in [0.05, 0.1) is 27.8 Å². The first-order chi connectivity index (χ1) is 17.0. The molecule has 1 atom stereocenters. The lowest BCUT2D eigenvalue weighted by atomic mass is 10.1. The van der Waals surface area contributed by atoms with Crippen molar-refractivity contribution in [1.82, 2.24) is 24.3 Å². The van der Waals surface area contributed by atoms with Crippen LogP contribution in [0.15, 0.2) is 65.7 Å². The number of rotatable bonds is 4. The first-order valence-corrected chi connectivity index (χ1v) is 13.1. The number of nitrogens with zero attached hydrogens (tertiary/aromatic N) is 5. The monoisotopic (exact) mass is 503 g/mol. The highest BCUT2D eigenvalue weighted by molar-refractivity contribution is 7.20. The number of likely N-dealkylation sites (N-methyl/N-ethyl adjacent to an activating group) is 1. The molecule has 8 heteroatoms. The van der Waals surface area contributed by atoms with Crippen molar-refractivity contribution >= 4 is 49.6 Å². The van der Waals surface area contributed by atoms with Crippen LogP contribution in [-0.4, -0.2) is 62.9 Å². The largest absolute Gasteiger partial charge is 0.304 e. The van der Waals surface area contributed by atoms with E-state index in [0.717, 1.165) is 77.4 Å². The summed E-state index contributed by atoms with van der Waals surface area (Å²) in [6, 6.07) is 12.1. The van der Waals surface area contributed by atoms with E-state index in [4.69, 9.17) is 16.6 Å². The average molecular weight is 504 g/mol. The van der Waals surface area contributed by atoms with Gasteiger partial charge in [-0.1, -0.05) is 24.3 Å². The SMILES string of the molecule is CN1CCN(Cc2ccc3cc(-n4cnc5cc(C6=CCC(Cl)C=C6)sc5c4=O)ccc3n2)CC1. The Morgan fingerprint density at radius 1 is 1.09 bits per heavy atom. The van der Waals surface area contributed by atoms with Crippen LogP contribution in [0.5, 0.6) is 0 Å². The Bertz CT molecular complexity index is 1530. The van der Waals surface area contributed by atoms with Crippen LogP contribution >= 0.6 is 22.9 Å². The quantitative estimate of drug-likeness (QED) is 0.378. The number of benzene rings is 1. The number of aromatic nitrogens is 3. The molecule has 0 radical (unpaired) electrons. The molecule has 1 aliphatic carbocycles. The van der Waals surface area contributed by atoms with Gasteiger partial charge in [0.1, 0.15) is 11.0 Å². The lowest BCUT2D eigenvalue weighted by Crippen LogP contribution is -2.43. The first kappa shape index (κ1) is 22.6. The van der Waals surface area contributed by atoms with Gasteiger partial charge >= 0.3 is 0 Å². The van der Waals surface area contributed by atoms with Crippen molar-refractivity contribution in [2.24, 2.45) is 0 Å². The van der Waals surface area contributed by atoms with Gasteiger partial charge in [0.2, 0.25) is 0 Å². The highest BCUT2D eigenvalue weighted by atomic mass is 35.5. The third kappa shape index (κ3) is 4.57. The molecule has 1 saturated heterocycles. The Balaban J connectivity index is 1.28. The van der Waals surface area contributed by atoms with Crippen LogP contribution in [-0.2, 0) is 6.54 Å². The summed E-state index contributed by atoms with van der Waals surface area (Å²) < 4.78 is 2.28. The summed E-state index contributed by atoms with van der Waals surface area (Å²) in [6.45, 7) is 5.19. The molecule has 0 N–H and O–H groups in total. The lowest BCUT2D eigenvalue weighted by molar-refractivity contribution is 0.147. The number of pyridine rings is 1. The van der Waals surface area contributed by atoms with Gasteiger partial charge < -0.3 is 4.90 Å². The summed E-state index contributed by atoms with van der Waals surface area (Å²) in [5.74, 6) is 0. The molecule has 1 unspecified atom stereocenters. The Morgan fingerprint density at radius 2 is 1.94 bits per heavy atom. The number of thiophene rings is 1. The Kier molecular flexibility index (Phi) is 6.02. The second kappa shape index (κ2) is 9.32. The number of alkyl halides is 1. The standard InChI is InChI=1S/C27H26ClN5OS/c1-31-10-12-32(13-11-31)16-21-7-4-19-14-22(8-9-23(19)30-21)33-17-29-24-15-25(35-26(24)27(33)34)18-2-5-20(28)6-3-18/h2-5,7-9,14-15,17,20H,6,10-13,16H2,1H3. The van der Waals surface area contributed by atoms with Gasteiger partial charge in [0, 0.05) is 43.0 Å². The number of fused-ring (bicyclic) bond motifs is 2. The fourth-order valence-corrected chi connectivity index (χ4v) is 5.87. The van der Waals surface area contributed by atoms with E-state index in [2.05, 4.69) is 40.0 Å². The Morgan fingerprint density at radius 3 is 2.74 bits per heavy atom. The van der Waals surface area contributed by atoms with Crippen LogP contribution in [0.25, 0.3) is 32.4 Å². The zero-order chi connectivity index (χ0) is 23.9. The van der Waals surface area contributed by atoms with E-state index in [-0.39, 0.29) is 10.9 Å². The molecule has 0 amide bonds. The van der Waals surface area contributed by atoms with Crippen LogP contribution in [0.3, 0.4) is 0 Å². The van der Waals surface area contributed by atoms with Gasteiger partial charge in [-0.2, -0.15) is 0 Å². The van der Waals surface area contributed by atoms with Crippen LogP contribution < -0.4 is 5.56 Å². The topological polar surface area (TPSA) is 54.3 Å². The van der Waals surface area contributed by atoms with Gasteiger partial charge in [-0.25, -0.2) is 4.98 Å². The van der Waals surface area contributed by atoms with E-state index in [1.807, 2.05) is 36.4 Å². The molecule has 1 fully saturated rings. The van der Waals surface area contributed by atoms with Crippen molar-refractivity contribution in [2.45, 2.75) is 18.3 Å². The van der Waals surface area contributed by atoms with Crippen molar-refractivity contribution in [1.29, 1.82) is 0 Å². The molecule has 0 spiro atoms. The van der Waals surface area contributed by atoms with Crippen molar-refractivity contribution in [3.05, 3.63) is 81.9 Å². The highest BCUT2D eigenvalue weighted by Gasteiger charge is 2.16. The number of hydrogen-bond acceptors (Lipinski definition) is 6. The van der Waals surface area contributed by atoms with Gasteiger partial charge in [-0.3, -0.25) is 19.2 Å². The molecule has 4 heterocycles. The van der Waals surface area contributed by atoms with Gasteiger partial charge in [-0.15, -0.1) is 22.9 Å². The summed E-state index contributed by atoms with van der Waals surface area (Å²) in [6.07, 6.45) is 8.56. The van der Waals surface area contributed by atoms with Crippen LogP contribution in [0.4, 0.5) is 0 Å². The zero-order valence-electron chi connectivity index (χ0n) is 19.5. The van der Waals surface area contributed by atoms with Gasteiger partial charge in [0.25, 0.3) is 5.56 Å². The fraction of sp³-hybridized carbons (Fsp3) is 0.296. The summed E-state index contributed by atoms with van der Waals surface area (Å²) >= 11 is 7.64. The maximum atomic E-state index is 13.4. The van der Waals surface area contributed by atoms with Crippen molar-refractivity contribution < 1.29 is 0 Å². The van der Waals surface area contributed by atoms with Crippen LogP contribution in [0, 0.1) is 0 Å². The molecular weight excluding hydrogens is 478 g/mol. The fourth-order valence-electron chi connectivity index (χ4n) is 4.64. The van der Waals surface area contributed by atoms with E-state index in [1.54, 1.807) is 10.9 Å². The molecule has 0 saturated carbocycles. The minimum Gasteiger partial charge on any atom is -0.304 e. The summed E-state index contributed by atoms with van der Waals surface area (Å²) in [5.41, 5.74) is 4.58. The molecule has 0 bridgehead atoms. The second-order valence-corrected chi connectivity index (χ2v) is 10.9. The molecule has 1 aliphatic heterocycles. The van der Waals surface area contributed by atoms with E-state index in [1.165, 1.54) is 11.3 Å². The van der Waals surface area contributed by atoms with E-state index >= 15 is 0 Å². The predicted molar refractivity (Wildman–Crippen MR) is 145 cm³/mol. The molecule has 6 nitrogen and oxygen atoms in total. The Hall–Kier alpha value is -2.84. The van der Waals surface area contributed by atoms with Crippen LogP contribution in [0.1, 0.15) is 17.0 Å². The minimum atomic E-state index is -0.0548. The smallest absolute Gasteiger partial charge is 0.275 e. The molecule has 4 aromatic rings. The number of hydrogen-bond donors (Lipinski definition) is 0. The molecule has 35 heavy (non-hydrogen) atoms. The summed E-state index contributed by atoms with van der Waals surface area (Å²) in [5, 5.41) is 1.05. The summed E-state index contributed by atoms with van der Waals surface area (Å²) in [4.78, 5) is 28.7. The molecule has 2 aliphatic rings.